The fourth-order valence-electron chi connectivity index (χ4n) is 1.67. The van der Waals surface area contributed by atoms with Crippen molar-refractivity contribution in [2.45, 2.75) is 18.4 Å². The molecule has 1 aromatic carbocycles. The number of aromatic nitrogens is 2. The zero-order chi connectivity index (χ0) is 14.6. The van der Waals surface area contributed by atoms with Crippen LogP contribution < -0.4 is 10.0 Å². The van der Waals surface area contributed by atoms with Crippen LogP contribution in [0.2, 0.25) is 0 Å². The zero-order valence-corrected chi connectivity index (χ0v) is 12.1. The Morgan fingerprint density at radius 2 is 1.85 bits per heavy atom. The molecule has 20 heavy (non-hydrogen) atoms. The molecule has 0 aliphatic heterocycles. The molecule has 0 atom stereocenters. The van der Waals surface area contributed by atoms with Gasteiger partial charge in [0, 0.05) is 11.9 Å². The lowest BCUT2D eigenvalue weighted by Crippen LogP contribution is -2.18. The highest BCUT2D eigenvalue weighted by atomic mass is 32.2. The molecule has 1 aromatic heterocycles. The zero-order valence-electron chi connectivity index (χ0n) is 11.3. The molecule has 2 rings (SSSR count). The third kappa shape index (κ3) is 3.52. The highest BCUT2D eigenvalue weighted by Crippen LogP contribution is 2.14. The molecule has 0 unspecified atom stereocenters. The first-order valence-electron chi connectivity index (χ1n) is 6.07. The Hall–Kier alpha value is -1.99. The molecule has 2 N–H and O–H groups in total. The van der Waals surface area contributed by atoms with Crippen molar-refractivity contribution in [2.75, 3.05) is 12.4 Å². The fourth-order valence-corrected chi connectivity index (χ4v) is 2.40. The molecule has 0 saturated carbocycles. The molecule has 0 spiro atoms. The van der Waals surface area contributed by atoms with Gasteiger partial charge in [0.25, 0.3) is 0 Å². The first kappa shape index (κ1) is 14.4. The number of rotatable bonds is 5. The summed E-state index contributed by atoms with van der Waals surface area (Å²) in [7, 11) is -2.00. The van der Waals surface area contributed by atoms with E-state index in [1.807, 2.05) is 13.0 Å². The molecule has 0 aliphatic rings. The van der Waals surface area contributed by atoms with E-state index in [0.29, 0.717) is 6.54 Å². The lowest BCUT2D eigenvalue weighted by Gasteiger charge is -2.07. The number of nitrogens with zero attached hydrogens (tertiary/aromatic N) is 2. The van der Waals surface area contributed by atoms with Crippen LogP contribution in [0.5, 0.6) is 0 Å². The van der Waals surface area contributed by atoms with Crippen molar-refractivity contribution in [2.24, 2.45) is 0 Å². The molecule has 0 amide bonds. The summed E-state index contributed by atoms with van der Waals surface area (Å²) in [6, 6.07) is 8.38. The normalized spacial score (nSPS) is 11.3. The van der Waals surface area contributed by atoms with E-state index < -0.39 is 10.0 Å². The number of benzene rings is 1. The summed E-state index contributed by atoms with van der Waals surface area (Å²) in [4.78, 5) is 8.55. The maximum atomic E-state index is 11.6. The van der Waals surface area contributed by atoms with Gasteiger partial charge in [0.1, 0.15) is 5.82 Å². The summed E-state index contributed by atoms with van der Waals surface area (Å²) in [6.07, 6.45) is 1.71. The first-order valence-corrected chi connectivity index (χ1v) is 7.55. The molecule has 0 bridgehead atoms. The number of hydrogen-bond acceptors (Lipinski definition) is 5. The monoisotopic (exact) mass is 292 g/mol. The van der Waals surface area contributed by atoms with Gasteiger partial charge in [-0.05, 0) is 44.3 Å². The van der Waals surface area contributed by atoms with Gasteiger partial charge in [0.05, 0.1) is 17.1 Å². The average Bonchev–Trinajstić information content (AvgIpc) is 2.46. The van der Waals surface area contributed by atoms with Gasteiger partial charge in [-0.2, -0.15) is 0 Å². The Morgan fingerprint density at radius 3 is 2.45 bits per heavy atom. The van der Waals surface area contributed by atoms with Crippen molar-refractivity contribution in [1.82, 2.24) is 14.7 Å². The predicted molar refractivity (Wildman–Crippen MR) is 76.8 cm³/mol. The minimum absolute atomic E-state index is 0.239. The van der Waals surface area contributed by atoms with Gasteiger partial charge in [0.15, 0.2) is 0 Å². The second-order valence-electron chi connectivity index (χ2n) is 4.18. The Balaban J connectivity index is 2.05. The van der Waals surface area contributed by atoms with Gasteiger partial charge in [-0.3, -0.25) is 0 Å². The molecular weight excluding hydrogens is 276 g/mol. The van der Waals surface area contributed by atoms with Crippen LogP contribution in [0.25, 0.3) is 0 Å². The highest BCUT2D eigenvalue weighted by Gasteiger charge is 2.10. The number of hydrogen-bond donors (Lipinski definition) is 2. The first-order chi connectivity index (χ1) is 9.51. The standard InChI is InChI=1S/C13H16N4O2S/c1-10-15-8-7-12(17-10)9-16-11-3-5-13(6-4-11)20(18,19)14-2/h3-8,14,16H,9H2,1-2H3. The molecule has 106 valence electrons. The molecule has 0 saturated heterocycles. The van der Waals surface area contributed by atoms with E-state index in [0.717, 1.165) is 17.2 Å². The van der Waals surface area contributed by atoms with Gasteiger partial charge in [-0.1, -0.05) is 0 Å². The van der Waals surface area contributed by atoms with Crippen molar-refractivity contribution in [3.63, 3.8) is 0 Å². The maximum absolute atomic E-state index is 11.6. The van der Waals surface area contributed by atoms with Crippen LogP contribution in [0, 0.1) is 6.92 Å². The molecule has 1 heterocycles. The number of nitrogens with one attached hydrogen (secondary N) is 2. The van der Waals surface area contributed by atoms with Crippen molar-refractivity contribution in [1.29, 1.82) is 0 Å². The number of anilines is 1. The van der Waals surface area contributed by atoms with Crippen molar-refractivity contribution >= 4 is 15.7 Å². The average molecular weight is 292 g/mol. The lowest BCUT2D eigenvalue weighted by atomic mass is 10.3. The van der Waals surface area contributed by atoms with Crippen molar-refractivity contribution in [3.8, 4) is 0 Å². The second-order valence-corrected chi connectivity index (χ2v) is 6.07. The summed E-state index contributed by atoms with van der Waals surface area (Å²) in [5.41, 5.74) is 1.71. The van der Waals surface area contributed by atoms with Crippen LogP contribution in [-0.4, -0.2) is 25.4 Å². The Bertz CT molecular complexity index is 684. The molecule has 6 nitrogen and oxygen atoms in total. The highest BCUT2D eigenvalue weighted by molar-refractivity contribution is 7.89. The molecule has 0 radical (unpaired) electrons. The fraction of sp³-hybridized carbons (Fsp3) is 0.231. The number of aryl methyl sites for hydroxylation is 1. The van der Waals surface area contributed by atoms with Gasteiger partial charge >= 0.3 is 0 Å². The second kappa shape index (κ2) is 5.98. The molecule has 0 fully saturated rings. The van der Waals surface area contributed by atoms with Crippen molar-refractivity contribution < 1.29 is 8.42 Å². The van der Waals surface area contributed by atoms with Crippen LogP contribution >= 0.6 is 0 Å². The van der Waals surface area contributed by atoms with Crippen molar-refractivity contribution in [3.05, 3.63) is 48.0 Å². The minimum atomic E-state index is -3.39. The summed E-state index contributed by atoms with van der Waals surface area (Å²) in [5, 5.41) is 3.18. The SMILES string of the molecule is CNS(=O)(=O)c1ccc(NCc2ccnc(C)n2)cc1. The third-order valence-electron chi connectivity index (χ3n) is 2.74. The van der Waals surface area contributed by atoms with Crippen LogP contribution in [0.3, 0.4) is 0 Å². The van der Waals surface area contributed by atoms with E-state index in [1.54, 1.807) is 30.5 Å². The topological polar surface area (TPSA) is 84.0 Å². The predicted octanol–water partition coefficient (Wildman–Crippen LogP) is 1.31. The Kier molecular flexibility index (Phi) is 4.31. The van der Waals surface area contributed by atoms with Gasteiger partial charge in [-0.15, -0.1) is 0 Å². The van der Waals surface area contributed by atoms with E-state index in [4.69, 9.17) is 0 Å². The van der Waals surface area contributed by atoms with Crippen LogP contribution in [-0.2, 0) is 16.6 Å². The van der Waals surface area contributed by atoms with E-state index in [-0.39, 0.29) is 4.90 Å². The Labute approximate surface area is 118 Å². The van der Waals surface area contributed by atoms with E-state index in [2.05, 4.69) is 20.0 Å². The summed E-state index contributed by atoms with van der Waals surface area (Å²) < 4.78 is 25.4. The smallest absolute Gasteiger partial charge is 0.240 e. The van der Waals surface area contributed by atoms with Crippen LogP contribution in [0.15, 0.2) is 41.4 Å². The minimum Gasteiger partial charge on any atom is -0.379 e. The van der Waals surface area contributed by atoms with Gasteiger partial charge in [-0.25, -0.2) is 23.1 Å². The van der Waals surface area contributed by atoms with E-state index in [1.165, 1.54) is 7.05 Å². The number of sulfonamides is 1. The van der Waals surface area contributed by atoms with Gasteiger partial charge < -0.3 is 5.32 Å². The Morgan fingerprint density at radius 1 is 1.15 bits per heavy atom. The molecular formula is C13H16N4O2S. The largest absolute Gasteiger partial charge is 0.379 e. The van der Waals surface area contributed by atoms with Gasteiger partial charge in [0.2, 0.25) is 10.0 Å². The van der Waals surface area contributed by atoms with E-state index >= 15 is 0 Å². The quantitative estimate of drug-likeness (QED) is 0.868. The van der Waals surface area contributed by atoms with Crippen LogP contribution in [0.1, 0.15) is 11.5 Å². The van der Waals surface area contributed by atoms with Crippen LogP contribution in [0.4, 0.5) is 5.69 Å². The maximum Gasteiger partial charge on any atom is 0.240 e. The summed E-state index contributed by atoms with van der Waals surface area (Å²) in [5.74, 6) is 0.722. The molecule has 0 aliphatic carbocycles. The summed E-state index contributed by atoms with van der Waals surface area (Å²) in [6.45, 7) is 2.39. The summed E-state index contributed by atoms with van der Waals surface area (Å²) >= 11 is 0. The van der Waals surface area contributed by atoms with E-state index in [9.17, 15) is 8.42 Å². The molecule has 7 heteroatoms. The third-order valence-corrected chi connectivity index (χ3v) is 4.17. The molecule has 2 aromatic rings. The lowest BCUT2D eigenvalue weighted by molar-refractivity contribution is 0.588.